The number of rotatable bonds is 6. The van der Waals surface area contributed by atoms with Crippen LogP contribution in [0.3, 0.4) is 0 Å². The Hall–Kier alpha value is -2.39. The lowest BCUT2D eigenvalue weighted by Crippen LogP contribution is -2.43. The number of esters is 1. The van der Waals surface area contributed by atoms with E-state index in [-0.39, 0.29) is 11.3 Å². The van der Waals surface area contributed by atoms with E-state index in [0.29, 0.717) is 0 Å². The van der Waals surface area contributed by atoms with E-state index < -0.39 is 30.2 Å². The fourth-order valence-corrected chi connectivity index (χ4v) is 3.26. The highest BCUT2D eigenvalue weighted by atomic mass is 79.9. The Morgan fingerprint density at radius 3 is 2.59 bits per heavy atom. The molecule has 6 nitrogen and oxygen atoms in total. The van der Waals surface area contributed by atoms with Crippen molar-refractivity contribution in [3.8, 4) is 0 Å². The molecule has 0 bridgehead atoms. The molecule has 2 rings (SSSR count). The average Bonchev–Trinajstić information content (AvgIpc) is 2.64. The minimum Gasteiger partial charge on any atom is -0.455 e. The molecule has 0 unspecified atom stereocenters. The first-order chi connectivity index (χ1) is 12.9. The van der Waals surface area contributed by atoms with E-state index in [4.69, 9.17) is 4.74 Å². The Bertz CT molecular complexity index is 863. The van der Waals surface area contributed by atoms with Gasteiger partial charge in [0.2, 0.25) is 0 Å². The molecule has 2 aromatic rings. The Kier molecular flexibility index (Phi) is 7.81. The highest BCUT2D eigenvalue weighted by molar-refractivity contribution is 9.10. The van der Waals surface area contributed by atoms with Crippen LogP contribution in [-0.2, 0) is 14.3 Å². The predicted molar refractivity (Wildman–Crippen MR) is 103 cm³/mol. The first-order valence-electron chi connectivity index (χ1n) is 7.75. The topological polar surface area (TPSA) is 84.5 Å². The predicted octanol–water partition coefficient (Wildman–Crippen LogP) is 2.99. The third kappa shape index (κ3) is 6.69. The minimum atomic E-state index is -0.811. The van der Waals surface area contributed by atoms with E-state index in [1.807, 2.05) is 25.1 Å². The number of hydrogen-bond donors (Lipinski definition) is 2. The maximum absolute atomic E-state index is 13.4. The van der Waals surface area contributed by atoms with Gasteiger partial charge in [-0.1, -0.05) is 28.1 Å². The van der Waals surface area contributed by atoms with E-state index in [9.17, 15) is 18.8 Å². The van der Waals surface area contributed by atoms with Gasteiger partial charge in [-0.25, -0.2) is 4.39 Å². The highest BCUT2D eigenvalue weighted by Crippen LogP contribution is 2.25. The van der Waals surface area contributed by atoms with Gasteiger partial charge >= 0.3 is 5.97 Å². The van der Waals surface area contributed by atoms with Crippen molar-refractivity contribution in [1.29, 1.82) is 0 Å². The van der Waals surface area contributed by atoms with E-state index in [1.54, 1.807) is 0 Å². The molecule has 27 heavy (non-hydrogen) atoms. The second-order valence-electron chi connectivity index (χ2n) is 5.34. The fraction of sp³-hybridized carbons (Fsp3) is 0.167. The fourth-order valence-electron chi connectivity index (χ4n) is 1.97. The molecular formula is C18H16BrFN2O4S. The summed E-state index contributed by atoms with van der Waals surface area (Å²) in [6.45, 7) is 1.36. The molecule has 0 saturated carbocycles. The molecule has 0 aliphatic heterocycles. The Morgan fingerprint density at radius 1 is 1.15 bits per heavy atom. The van der Waals surface area contributed by atoms with Gasteiger partial charge in [-0.2, -0.15) is 0 Å². The number of nitrogens with one attached hydrogen (secondary N) is 2. The Morgan fingerprint density at radius 2 is 1.89 bits per heavy atom. The molecule has 0 atom stereocenters. The molecule has 0 fully saturated rings. The number of aryl methyl sites for hydroxylation is 1. The van der Waals surface area contributed by atoms with Crippen LogP contribution in [0.2, 0.25) is 0 Å². The van der Waals surface area contributed by atoms with E-state index in [1.165, 1.54) is 30.0 Å². The van der Waals surface area contributed by atoms with Crippen molar-refractivity contribution in [1.82, 2.24) is 10.9 Å². The summed E-state index contributed by atoms with van der Waals surface area (Å²) < 4.78 is 19.2. The summed E-state index contributed by atoms with van der Waals surface area (Å²) in [4.78, 5) is 36.0. The Balaban J connectivity index is 1.71. The monoisotopic (exact) mass is 454 g/mol. The van der Waals surface area contributed by atoms with Crippen molar-refractivity contribution in [2.45, 2.75) is 11.8 Å². The molecule has 142 valence electrons. The summed E-state index contributed by atoms with van der Waals surface area (Å²) in [5.41, 5.74) is 4.91. The summed E-state index contributed by atoms with van der Waals surface area (Å²) in [5.74, 6) is -2.79. The van der Waals surface area contributed by atoms with E-state index in [0.717, 1.165) is 21.0 Å². The van der Waals surface area contributed by atoms with Crippen LogP contribution in [0, 0.1) is 12.7 Å². The van der Waals surface area contributed by atoms with Gasteiger partial charge in [0.1, 0.15) is 5.82 Å². The molecule has 0 radical (unpaired) electrons. The summed E-state index contributed by atoms with van der Waals surface area (Å²) in [6.07, 6.45) is 0. The number of halogens is 2. The van der Waals surface area contributed by atoms with Crippen LogP contribution in [0.25, 0.3) is 0 Å². The van der Waals surface area contributed by atoms with Gasteiger partial charge in [0, 0.05) is 9.37 Å². The lowest BCUT2D eigenvalue weighted by Gasteiger charge is -2.09. The largest absolute Gasteiger partial charge is 0.455 e. The third-order valence-corrected chi connectivity index (χ3v) is 4.92. The molecule has 2 amide bonds. The first kappa shape index (κ1) is 20.9. The summed E-state index contributed by atoms with van der Waals surface area (Å²) in [6, 6.07) is 11.0. The second-order valence-corrected chi connectivity index (χ2v) is 7.27. The molecular weight excluding hydrogens is 439 g/mol. The number of ether oxygens (including phenoxy) is 1. The van der Waals surface area contributed by atoms with Crippen LogP contribution in [0.15, 0.2) is 51.8 Å². The lowest BCUT2D eigenvalue weighted by atomic mass is 10.2. The third-order valence-electron chi connectivity index (χ3n) is 3.28. The van der Waals surface area contributed by atoms with Crippen molar-refractivity contribution in [3.63, 3.8) is 0 Å². The number of carbonyl (C=O) groups excluding carboxylic acids is 3. The van der Waals surface area contributed by atoms with Crippen molar-refractivity contribution in [2.75, 3.05) is 12.4 Å². The summed E-state index contributed by atoms with van der Waals surface area (Å²) >= 11 is 4.66. The van der Waals surface area contributed by atoms with Gasteiger partial charge in [0.05, 0.1) is 11.3 Å². The SMILES string of the molecule is Cc1cc(Br)ccc1SCC(=O)OCC(=O)NNC(=O)c1ccccc1F. The summed E-state index contributed by atoms with van der Waals surface area (Å²) in [7, 11) is 0. The van der Waals surface area contributed by atoms with Crippen LogP contribution >= 0.6 is 27.7 Å². The number of thioether (sulfide) groups is 1. The van der Waals surface area contributed by atoms with Gasteiger partial charge in [0.15, 0.2) is 6.61 Å². The zero-order chi connectivity index (χ0) is 19.8. The number of carbonyl (C=O) groups is 3. The smallest absolute Gasteiger partial charge is 0.316 e. The minimum absolute atomic E-state index is 0.0390. The molecule has 0 aliphatic rings. The second kappa shape index (κ2) is 10.1. The number of benzene rings is 2. The van der Waals surface area contributed by atoms with Crippen LogP contribution in [0.1, 0.15) is 15.9 Å². The zero-order valence-electron chi connectivity index (χ0n) is 14.3. The van der Waals surface area contributed by atoms with E-state index >= 15 is 0 Å². The maximum Gasteiger partial charge on any atom is 0.316 e. The standard InChI is InChI=1S/C18H16BrFN2O4S/c1-11-8-12(19)6-7-15(11)27-10-17(24)26-9-16(23)21-22-18(25)13-4-2-3-5-14(13)20/h2-8H,9-10H2,1H3,(H,21,23)(H,22,25). The van der Waals surface area contributed by atoms with Crippen LogP contribution in [0.5, 0.6) is 0 Å². The molecule has 0 aliphatic carbocycles. The molecule has 0 spiro atoms. The van der Waals surface area contributed by atoms with Crippen molar-refractivity contribution in [3.05, 3.63) is 63.9 Å². The number of hydrazine groups is 1. The average molecular weight is 455 g/mol. The van der Waals surface area contributed by atoms with Crippen molar-refractivity contribution >= 4 is 45.5 Å². The quantitative estimate of drug-likeness (QED) is 0.398. The van der Waals surface area contributed by atoms with Gasteiger partial charge in [-0.3, -0.25) is 25.2 Å². The molecule has 2 N–H and O–H groups in total. The van der Waals surface area contributed by atoms with Crippen molar-refractivity contribution < 1.29 is 23.5 Å². The molecule has 0 aromatic heterocycles. The molecule has 0 saturated heterocycles. The molecule has 9 heteroatoms. The van der Waals surface area contributed by atoms with Crippen LogP contribution in [0.4, 0.5) is 4.39 Å². The Labute approximate surface area is 168 Å². The van der Waals surface area contributed by atoms with Crippen LogP contribution in [-0.4, -0.2) is 30.1 Å². The lowest BCUT2D eigenvalue weighted by molar-refractivity contribution is -0.146. The van der Waals surface area contributed by atoms with Gasteiger partial charge in [0.25, 0.3) is 11.8 Å². The number of hydrogen-bond acceptors (Lipinski definition) is 5. The van der Waals surface area contributed by atoms with Crippen LogP contribution < -0.4 is 10.9 Å². The summed E-state index contributed by atoms with van der Waals surface area (Å²) in [5, 5.41) is 0. The highest BCUT2D eigenvalue weighted by Gasteiger charge is 2.13. The molecule has 2 aromatic carbocycles. The zero-order valence-corrected chi connectivity index (χ0v) is 16.7. The van der Waals surface area contributed by atoms with E-state index in [2.05, 4.69) is 26.8 Å². The maximum atomic E-state index is 13.4. The van der Waals surface area contributed by atoms with Gasteiger partial charge in [-0.05, 0) is 42.8 Å². The first-order valence-corrected chi connectivity index (χ1v) is 9.53. The normalized spacial score (nSPS) is 10.2. The number of amides is 2. The van der Waals surface area contributed by atoms with Gasteiger partial charge in [-0.15, -0.1) is 11.8 Å². The van der Waals surface area contributed by atoms with Gasteiger partial charge < -0.3 is 4.74 Å². The van der Waals surface area contributed by atoms with Crippen molar-refractivity contribution in [2.24, 2.45) is 0 Å². The molecule has 0 heterocycles.